The van der Waals surface area contributed by atoms with Gasteiger partial charge in [-0.3, -0.25) is 9.10 Å². The van der Waals surface area contributed by atoms with Crippen molar-refractivity contribution in [2.75, 3.05) is 17.1 Å². The number of rotatable bonds is 7. The van der Waals surface area contributed by atoms with Crippen LogP contribution in [0.3, 0.4) is 0 Å². The fourth-order valence-electron chi connectivity index (χ4n) is 2.12. The van der Waals surface area contributed by atoms with Crippen LogP contribution in [0.2, 0.25) is 0 Å². The van der Waals surface area contributed by atoms with Gasteiger partial charge in [0.25, 0.3) is 0 Å². The van der Waals surface area contributed by atoms with Crippen LogP contribution in [0.4, 0.5) is 5.69 Å². The Labute approximate surface area is 127 Å². The summed E-state index contributed by atoms with van der Waals surface area (Å²) in [6.45, 7) is 6.23. The first-order chi connectivity index (χ1) is 9.81. The molecule has 0 aliphatic carbocycles. The average Bonchev–Trinajstić information content (AvgIpc) is 2.42. The average molecular weight is 312 g/mol. The van der Waals surface area contributed by atoms with Crippen LogP contribution in [0.5, 0.6) is 0 Å². The number of carbonyl (C=O) groups excluding carboxylic acids is 1. The lowest BCUT2D eigenvalue weighted by Gasteiger charge is -2.30. The van der Waals surface area contributed by atoms with Crippen LogP contribution in [0.25, 0.3) is 0 Å². The Balaban J connectivity index is 3.17. The number of anilines is 1. The van der Waals surface area contributed by atoms with Crippen LogP contribution < -0.4 is 9.62 Å². The van der Waals surface area contributed by atoms with Crippen molar-refractivity contribution in [1.29, 1.82) is 0 Å². The monoisotopic (exact) mass is 312 g/mol. The van der Waals surface area contributed by atoms with Gasteiger partial charge in [-0.1, -0.05) is 31.5 Å². The van der Waals surface area contributed by atoms with Crippen LogP contribution in [-0.2, 0) is 14.8 Å². The van der Waals surface area contributed by atoms with Crippen molar-refractivity contribution in [3.8, 4) is 0 Å². The molecule has 1 N–H and O–H groups in total. The Kier molecular flexibility index (Phi) is 6.20. The second kappa shape index (κ2) is 7.45. The summed E-state index contributed by atoms with van der Waals surface area (Å²) < 4.78 is 25.5. The summed E-state index contributed by atoms with van der Waals surface area (Å²) in [5.74, 6) is -0.259. The van der Waals surface area contributed by atoms with Gasteiger partial charge in [-0.05, 0) is 31.9 Å². The Bertz CT molecular complexity index is 567. The van der Waals surface area contributed by atoms with Crippen molar-refractivity contribution in [3.63, 3.8) is 0 Å². The van der Waals surface area contributed by atoms with Crippen LogP contribution in [-0.4, -0.2) is 33.2 Å². The maximum absolute atomic E-state index is 12.2. The van der Waals surface area contributed by atoms with Crippen LogP contribution in [0.15, 0.2) is 24.3 Å². The minimum absolute atomic E-state index is 0.259. The SMILES string of the molecule is CCCNC(=O)[C@@H](CC)N(c1ccc(C)cc1)S(C)(=O)=O. The summed E-state index contributed by atoms with van der Waals surface area (Å²) in [5.41, 5.74) is 1.55. The van der Waals surface area contributed by atoms with E-state index in [1.807, 2.05) is 32.9 Å². The molecule has 0 spiro atoms. The molecule has 0 saturated heterocycles. The summed E-state index contributed by atoms with van der Waals surface area (Å²) in [5, 5.41) is 2.77. The predicted octanol–water partition coefficient (Wildman–Crippen LogP) is 2.07. The number of sulfonamides is 1. The largest absolute Gasteiger partial charge is 0.354 e. The van der Waals surface area contributed by atoms with Crippen molar-refractivity contribution >= 4 is 21.6 Å². The fourth-order valence-corrected chi connectivity index (χ4v) is 3.33. The second-order valence-electron chi connectivity index (χ2n) is 5.11. The van der Waals surface area contributed by atoms with E-state index >= 15 is 0 Å². The molecule has 1 aromatic carbocycles. The molecular weight excluding hydrogens is 288 g/mol. The van der Waals surface area contributed by atoms with Gasteiger partial charge >= 0.3 is 0 Å². The summed E-state index contributed by atoms with van der Waals surface area (Å²) >= 11 is 0. The highest BCUT2D eigenvalue weighted by atomic mass is 32.2. The minimum Gasteiger partial charge on any atom is -0.354 e. The first kappa shape index (κ1) is 17.5. The van der Waals surface area contributed by atoms with Crippen molar-refractivity contribution in [3.05, 3.63) is 29.8 Å². The summed E-state index contributed by atoms with van der Waals surface area (Å²) in [6.07, 6.45) is 2.35. The minimum atomic E-state index is -3.54. The third-order valence-electron chi connectivity index (χ3n) is 3.17. The first-order valence-corrected chi connectivity index (χ1v) is 8.99. The molecule has 0 aliphatic rings. The molecule has 0 heterocycles. The van der Waals surface area contributed by atoms with E-state index in [1.54, 1.807) is 12.1 Å². The molecule has 6 heteroatoms. The molecule has 118 valence electrons. The topological polar surface area (TPSA) is 66.5 Å². The number of carbonyl (C=O) groups is 1. The first-order valence-electron chi connectivity index (χ1n) is 7.15. The number of nitrogens with zero attached hydrogens (tertiary/aromatic N) is 1. The summed E-state index contributed by atoms with van der Waals surface area (Å²) in [6, 6.07) is 6.40. The van der Waals surface area contributed by atoms with E-state index in [2.05, 4.69) is 5.32 Å². The van der Waals surface area contributed by atoms with E-state index in [4.69, 9.17) is 0 Å². The molecule has 0 aliphatic heterocycles. The molecule has 1 aromatic rings. The normalized spacial score (nSPS) is 12.8. The predicted molar refractivity (Wildman–Crippen MR) is 85.9 cm³/mol. The molecule has 0 saturated carbocycles. The number of benzene rings is 1. The van der Waals surface area contributed by atoms with Crippen molar-refractivity contribution in [2.24, 2.45) is 0 Å². The Hall–Kier alpha value is -1.56. The van der Waals surface area contributed by atoms with E-state index in [-0.39, 0.29) is 5.91 Å². The second-order valence-corrected chi connectivity index (χ2v) is 6.97. The molecule has 0 aromatic heterocycles. The van der Waals surface area contributed by atoms with Gasteiger partial charge in [0.2, 0.25) is 15.9 Å². The maximum Gasteiger partial charge on any atom is 0.243 e. The molecule has 0 radical (unpaired) electrons. The van der Waals surface area contributed by atoms with Crippen molar-refractivity contribution in [2.45, 2.75) is 39.7 Å². The third-order valence-corrected chi connectivity index (χ3v) is 4.35. The fraction of sp³-hybridized carbons (Fsp3) is 0.533. The highest BCUT2D eigenvalue weighted by molar-refractivity contribution is 7.92. The number of nitrogens with one attached hydrogen (secondary N) is 1. The number of aryl methyl sites for hydroxylation is 1. The molecule has 0 fully saturated rings. The molecular formula is C15H24N2O3S. The molecule has 21 heavy (non-hydrogen) atoms. The number of hydrogen-bond acceptors (Lipinski definition) is 3. The van der Waals surface area contributed by atoms with Gasteiger partial charge < -0.3 is 5.32 Å². The molecule has 1 amide bonds. The van der Waals surface area contributed by atoms with E-state index in [0.717, 1.165) is 18.2 Å². The van der Waals surface area contributed by atoms with E-state index in [9.17, 15) is 13.2 Å². The molecule has 0 unspecified atom stereocenters. The van der Waals surface area contributed by atoms with Gasteiger partial charge in [0, 0.05) is 6.54 Å². The Morgan fingerprint density at radius 3 is 2.24 bits per heavy atom. The van der Waals surface area contributed by atoms with Crippen LogP contribution in [0.1, 0.15) is 32.3 Å². The standard InChI is InChI=1S/C15H24N2O3S/c1-5-11-16-15(18)14(6-2)17(21(4,19)20)13-9-7-12(3)8-10-13/h7-10,14H,5-6,11H2,1-4H3,(H,16,18)/t14-/m1/s1. The van der Waals surface area contributed by atoms with Gasteiger partial charge in [-0.25, -0.2) is 8.42 Å². The van der Waals surface area contributed by atoms with Gasteiger partial charge in [-0.2, -0.15) is 0 Å². The lowest BCUT2D eigenvalue weighted by atomic mass is 10.1. The van der Waals surface area contributed by atoms with Crippen molar-refractivity contribution < 1.29 is 13.2 Å². The molecule has 5 nitrogen and oxygen atoms in total. The van der Waals surface area contributed by atoms with Gasteiger partial charge in [0.1, 0.15) is 6.04 Å². The van der Waals surface area contributed by atoms with E-state index in [1.165, 1.54) is 4.31 Å². The van der Waals surface area contributed by atoms with Gasteiger partial charge in [0.05, 0.1) is 11.9 Å². The third kappa shape index (κ3) is 4.74. The van der Waals surface area contributed by atoms with Crippen molar-refractivity contribution in [1.82, 2.24) is 5.32 Å². The zero-order valence-corrected chi connectivity index (χ0v) is 13.9. The zero-order valence-electron chi connectivity index (χ0n) is 13.1. The van der Waals surface area contributed by atoms with Gasteiger partial charge in [0.15, 0.2) is 0 Å². The highest BCUT2D eigenvalue weighted by Crippen LogP contribution is 2.22. The number of amides is 1. The summed E-state index contributed by atoms with van der Waals surface area (Å²) in [4.78, 5) is 12.2. The highest BCUT2D eigenvalue weighted by Gasteiger charge is 2.31. The summed E-state index contributed by atoms with van der Waals surface area (Å²) in [7, 11) is -3.54. The van der Waals surface area contributed by atoms with E-state index in [0.29, 0.717) is 18.7 Å². The number of hydrogen-bond donors (Lipinski definition) is 1. The van der Waals surface area contributed by atoms with E-state index < -0.39 is 16.1 Å². The molecule has 1 atom stereocenters. The zero-order chi connectivity index (χ0) is 16.0. The quantitative estimate of drug-likeness (QED) is 0.838. The van der Waals surface area contributed by atoms with Crippen LogP contribution >= 0.6 is 0 Å². The van der Waals surface area contributed by atoms with Crippen LogP contribution in [0, 0.1) is 6.92 Å². The van der Waals surface area contributed by atoms with Gasteiger partial charge in [-0.15, -0.1) is 0 Å². The maximum atomic E-state index is 12.2. The molecule has 1 rings (SSSR count). The smallest absolute Gasteiger partial charge is 0.243 e. The Morgan fingerprint density at radius 2 is 1.81 bits per heavy atom. The lowest BCUT2D eigenvalue weighted by molar-refractivity contribution is -0.122. The Morgan fingerprint density at radius 1 is 1.24 bits per heavy atom. The molecule has 0 bridgehead atoms. The lowest BCUT2D eigenvalue weighted by Crippen LogP contribution is -2.49.